The summed E-state index contributed by atoms with van der Waals surface area (Å²) in [6.45, 7) is 3.33. The molecule has 2 atom stereocenters. The minimum atomic E-state index is 0.389. The Hall–Kier alpha value is 0.250. The summed E-state index contributed by atoms with van der Waals surface area (Å²) in [7, 11) is 2.12. The molecule has 0 aliphatic carbocycles. The second-order valence-corrected chi connectivity index (χ2v) is 3.09. The fourth-order valence-corrected chi connectivity index (χ4v) is 1.34. The number of likely N-dealkylation sites (tertiary alicyclic amines) is 1. The van der Waals surface area contributed by atoms with E-state index in [9.17, 15) is 0 Å². The van der Waals surface area contributed by atoms with Crippen LogP contribution < -0.4 is 0 Å². The summed E-state index contributed by atoms with van der Waals surface area (Å²) >= 11 is 5.92. The average molecular weight is 134 g/mol. The van der Waals surface area contributed by atoms with Gasteiger partial charge in [-0.15, -0.1) is 11.6 Å². The van der Waals surface area contributed by atoms with Crippen molar-refractivity contribution in [1.29, 1.82) is 0 Å². The normalized spacial score (nSPS) is 40.9. The highest BCUT2D eigenvalue weighted by Crippen LogP contribution is 2.19. The van der Waals surface area contributed by atoms with Crippen LogP contribution in [0.2, 0.25) is 0 Å². The Bertz CT molecular complexity index is 74.6. The number of nitrogens with zero attached hydrogens (tertiary/aromatic N) is 1. The van der Waals surface area contributed by atoms with Crippen LogP contribution in [0.25, 0.3) is 0 Å². The van der Waals surface area contributed by atoms with Crippen molar-refractivity contribution in [3.05, 3.63) is 0 Å². The molecule has 2 unspecified atom stereocenters. The summed E-state index contributed by atoms with van der Waals surface area (Å²) < 4.78 is 0. The van der Waals surface area contributed by atoms with Gasteiger partial charge in [-0.25, -0.2) is 0 Å². The Labute approximate surface area is 55.6 Å². The van der Waals surface area contributed by atoms with Crippen LogP contribution in [0.1, 0.15) is 13.3 Å². The summed E-state index contributed by atoms with van der Waals surface area (Å²) in [5.41, 5.74) is 0. The maximum atomic E-state index is 5.92. The Morgan fingerprint density at radius 2 is 2.25 bits per heavy atom. The van der Waals surface area contributed by atoms with Gasteiger partial charge in [0.2, 0.25) is 0 Å². The topological polar surface area (TPSA) is 3.24 Å². The Morgan fingerprint density at radius 3 is 2.38 bits per heavy atom. The van der Waals surface area contributed by atoms with Gasteiger partial charge in [0.15, 0.2) is 0 Å². The van der Waals surface area contributed by atoms with Gasteiger partial charge in [0, 0.05) is 6.04 Å². The molecule has 0 aromatic carbocycles. The van der Waals surface area contributed by atoms with E-state index in [4.69, 9.17) is 11.6 Å². The van der Waals surface area contributed by atoms with Crippen molar-refractivity contribution in [1.82, 2.24) is 4.90 Å². The zero-order valence-corrected chi connectivity index (χ0v) is 6.15. The van der Waals surface area contributed by atoms with Crippen LogP contribution in [0, 0.1) is 0 Å². The fourth-order valence-electron chi connectivity index (χ4n) is 1.05. The molecule has 1 aliphatic rings. The Morgan fingerprint density at radius 1 is 1.62 bits per heavy atom. The van der Waals surface area contributed by atoms with Crippen LogP contribution in [0.4, 0.5) is 0 Å². The summed E-state index contributed by atoms with van der Waals surface area (Å²) in [4.78, 5) is 2.29. The first kappa shape index (κ1) is 6.37. The smallest absolute Gasteiger partial charge is 0.0500 e. The van der Waals surface area contributed by atoms with Gasteiger partial charge in [-0.3, -0.25) is 0 Å². The van der Waals surface area contributed by atoms with Crippen LogP contribution in [0.3, 0.4) is 0 Å². The zero-order chi connectivity index (χ0) is 6.15. The van der Waals surface area contributed by atoms with Crippen LogP contribution >= 0.6 is 11.6 Å². The van der Waals surface area contributed by atoms with E-state index in [0.29, 0.717) is 11.4 Å². The third-order valence-electron chi connectivity index (χ3n) is 1.98. The first-order valence-electron chi connectivity index (χ1n) is 3.06. The number of alkyl halides is 1. The highest BCUT2D eigenvalue weighted by atomic mass is 35.5. The first-order valence-corrected chi connectivity index (χ1v) is 3.50. The number of hydrogen-bond donors (Lipinski definition) is 0. The minimum absolute atomic E-state index is 0.389. The van der Waals surface area contributed by atoms with Gasteiger partial charge in [0.05, 0.1) is 5.38 Å². The van der Waals surface area contributed by atoms with Crippen molar-refractivity contribution in [3.63, 3.8) is 0 Å². The van der Waals surface area contributed by atoms with Gasteiger partial charge in [-0.1, -0.05) is 0 Å². The summed E-state index contributed by atoms with van der Waals surface area (Å²) in [6, 6.07) is 0.580. The Balaban J connectivity index is 2.44. The molecule has 0 bridgehead atoms. The third-order valence-corrected chi connectivity index (χ3v) is 2.56. The largest absolute Gasteiger partial charge is 0.302 e. The third kappa shape index (κ3) is 0.981. The molecule has 2 heteroatoms. The SMILES string of the molecule is CC1C(Cl)CCN1C. The molecule has 1 aliphatic heterocycles. The standard InChI is InChI=1S/C6H12ClN/c1-5-6(7)3-4-8(5)2/h5-6H,3-4H2,1-2H3. The zero-order valence-electron chi connectivity index (χ0n) is 5.39. The van der Waals surface area contributed by atoms with E-state index in [0.717, 1.165) is 13.0 Å². The molecule has 0 saturated carbocycles. The summed E-state index contributed by atoms with van der Waals surface area (Å²) in [5.74, 6) is 0. The predicted molar refractivity (Wildman–Crippen MR) is 36.3 cm³/mol. The van der Waals surface area contributed by atoms with Gasteiger partial charge < -0.3 is 4.90 Å². The quantitative estimate of drug-likeness (QED) is 0.451. The lowest BCUT2D eigenvalue weighted by atomic mass is 10.2. The van der Waals surface area contributed by atoms with Crippen molar-refractivity contribution in [2.75, 3.05) is 13.6 Å². The van der Waals surface area contributed by atoms with E-state index in [1.807, 2.05) is 0 Å². The first-order chi connectivity index (χ1) is 3.72. The lowest BCUT2D eigenvalue weighted by Crippen LogP contribution is -2.25. The minimum Gasteiger partial charge on any atom is -0.302 e. The van der Waals surface area contributed by atoms with E-state index >= 15 is 0 Å². The van der Waals surface area contributed by atoms with Gasteiger partial charge in [0.25, 0.3) is 0 Å². The van der Waals surface area contributed by atoms with Crippen molar-refractivity contribution >= 4 is 11.6 Å². The second kappa shape index (κ2) is 2.24. The molecule has 1 fully saturated rings. The van der Waals surface area contributed by atoms with Gasteiger partial charge in [-0.05, 0) is 26.9 Å². The maximum absolute atomic E-state index is 5.92. The van der Waals surface area contributed by atoms with Crippen molar-refractivity contribution in [3.8, 4) is 0 Å². The monoisotopic (exact) mass is 133 g/mol. The molecule has 8 heavy (non-hydrogen) atoms. The summed E-state index contributed by atoms with van der Waals surface area (Å²) in [5, 5.41) is 0.389. The molecule has 1 saturated heterocycles. The van der Waals surface area contributed by atoms with Crippen LogP contribution in [-0.4, -0.2) is 29.9 Å². The molecule has 0 N–H and O–H groups in total. The molecule has 0 spiro atoms. The molecule has 0 aromatic rings. The van der Waals surface area contributed by atoms with Crippen molar-refractivity contribution in [2.24, 2.45) is 0 Å². The fraction of sp³-hybridized carbons (Fsp3) is 1.00. The van der Waals surface area contributed by atoms with E-state index in [1.165, 1.54) is 0 Å². The Kier molecular flexibility index (Phi) is 1.78. The highest BCUT2D eigenvalue weighted by molar-refractivity contribution is 6.21. The van der Waals surface area contributed by atoms with Crippen molar-refractivity contribution in [2.45, 2.75) is 24.8 Å². The lowest BCUT2D eigenvalue weighted by molar-refractivity contribution is 0.332. The maximum Gasteiger partial charge on any atom is 0.0500 e. The van der Waals surface area contributed by atoms with Crippen LogP contribution in [-0.2, 0) is 0 Å². The van der Waals surface area contributed by atoms with Gasteiger partial charge in [-0.2, -0.15) is 0 Å². The average Bonchev–Trinajstić information content (AvgIpc) is 1.98. The van der Waals surface area contributed by atoms with Crippen molar-refractivity contribution < 1.29 is 0 Å². The van der Waals surface area contributed by atoms with Crippen LogP contribution in [0.5, 0.6) is 0 Å². The van der Waals surface area contributed by atoms with Gasteiger partial charge >= 0.3 is 0 Å². The van der Waals surface area contributed by atoms with E-state index in [-0.39, 0.29) is 0 Å². The number of rotatable bonds is 0. The molecular formula is C6H12ClN. The van der Waals surface area contributed by atoms with E-state index < -0.39 is 0 Å². The number of halogens is 1. The highest BCUT2D eigenvalue weighted by Gasteiger charge is 2.25. The molecule has 1 heterocycles. The molecule has 1 nitrogen and oxygen atoms in total. The molecule has 0 amide bonds. The lowest BCUT2D eigenvalue weighted by Gasteiger charge is -2.15. The molecule has 0 aromatic heterocycles. The molecule has 0 radical (unpaired) electrons. The second-order valence-electron chi connectivity index (χ2n) is 2.53. The van der Waals surface area contributed by atoms with Crippen LogP contribution in [0.15, 0.2) is 0 Å². The number of hydrogen-bond acceptors (Lipinski definition) is 1. The molecule has 48 valence electrons. The van der Waals surface area contributed by atoms with E-state index in [2.05, 4.69) is 18.9 Å². The van der Waals surface area contributed by atoms with Gasteiger partial charge in [0.1, 0.15) is 0 Å². The molecule has 1 rings (SSSR count). The predicted octanol–water partition coefficient (Wildman–Crippen LogP) is 1.32. The summed E-state index contributed by atoms with van der Waals surface area (Å²) in [6.07, 6.45) is 1.15. The molecular weight excluding hydrogens is 122 g/mol. The van der Waals surface area contributed by atoms with E-state index in [1.54, 1.807) is 0 Å².